The first kappa shape index (κ1) is 27.7. The third-order valence-corrected chi connectivity index (χ3v) is 7.02. The van der Waals surface area contributed by atoms with E-state index in [0.29, 0.717) is 37.4 Å². The average molecular weight is 547 g/mol. The standard InChI is InChI=1S/C26H32F2N8O.ClH/c1-18-19(3-2-6-33-9-11-34(12-10-33)22-14-20(27)13-21(28)15-22)17-30-36(18)25-16-24(31-26(29)32-25)35-7-4-23(37)5-8-35;/h2-3,13-17,23,37H,4-12H2,1H3,(H2,29,31,32);1H. The van der Waals surface area contributed by atoms with Crippen LogP contribution in [-0.4, -0.2) is 81.7 Å². The van der Waals surface area contributed by atoms with E-state index >= 15 is 0 Å². The molecular formula is C26H33ClF2N8O. The van der Waals surface area contributed by atoms with Crippen LogP contribution in [0.5, 0.6) is 0 Å². The molecule has 0 amide bonds. The van der Waals surface area contributed by atoms with Crippen molar-refractivity contribution in [1.82, 2.24) is 24.6 Å². The molecule has 0 aliphatic carbocycles. The van der Waals surface area contributed by atoms with Crippen molar-refractivity contribution in [3.05, 3.63) is 59.4 Å². The van der Waals surface area contributed by atoms with Crippen molar-refractivity contribution in [3.63, 3.8) is 0 Å². The van der Waals surface area contributed by atoms with Crippen molar-refractivity contribution < 1.29 is 13.9 Å². The second kappa shape index (κ2) is 12.1. The summed E-state index contributed by atoms with van der Waals surface area (Å²) in [6.45, 7) is 7.21. The Hall–Kier alpha value is -3.28. The molecule has 0 bridgehead atoms. The number of anilines is 3. The van der Waals surface area contributed by atoms with Crippen LogP contribution in [0.4, 0.5) is 26.2 Å². The van der Waals surface area contributed by atoms with Gasteiger partial charge >= 0.3 is 0 Å². The largest absolute Gasteiger partial charge is 0.393 e. The molecule has 9 nitrogen and oxygen atoms in total. The highest BCUT2D eigenvalue weighted by Gasteiger charge is 2.21. The highest BCUT2D eigenvalue weighted by molar-refractivity contribution is 5.85. The summed E-state index contributed by atoms with van der Waals surface area (Å²) in [6.07, 6.45) is 7.09. The first-order valence-corrected chi connectivity index (χ1v) is 12.6. The molecule has 2 aliphatic heterocycles. The van der Waals surface area contributed by atoms with E-state index in [1.165, 1.54) is 12.1 Å². The number of aromatic nitrogens is 4. The summed E-state index contributed by atoms with van der Waals surface area (Å²) in [5, 5.41) is 14.3. The number of halogens is 3. The summed E-state index contributed by atoms with van der Waals surface area (Å²) >= 11 is 0. The van der Waals surface area contributed by atoms with E-state index in [4.69, 9.17) is 5.73 Å². The van der Waals surface area contributed by atoms with Gasteiger partial charge in [0.15, 0.2) is 5.82 Å². The van der Waals surface area contributed by atoms with Gasteiger partial charge in [0.05, 0.1) is 18.0 Å². The fourth-order valence-corrected chi connectivity index (χ4v) is 4.86. The lowest BCUT2D eigenvalue weighted by molar-refractivity contribution is 0.145. The summed E-state index contributed by atoms with van der Waals surface area (Å²) in [4.78, 5) is 15.2. The minimum Gasteiger partial charge on any atom is -0.393 e. The Morgan fingerprint density at radius 1 is 0.947 bits per heavy atom. The summed E-state index contributed by atoms with van der Waals surface area (Å²) < 4.78 is 28.9. The van der Waals surface area contributed by atoms with Gasteiger partial charge in [-0.05, 0) is 31.9 Å². The number of benzene rings is 1. The first-order valence-electron chi connectivity index (χ1n) is 12.6. The number of piperidine rings is 1. The molecule has 2 aliphatic rings. The van der Waals surface area contributed by atoms with Gasteiger partial charge in [-0.2, -0.15) is 15.1 Å². The summed E-state index contributed by atoms with van der Waals surface area (Å²) in [6, 6.07) is 5.54. The summed E-state index contributed by atoms with van der Waals surface area (Å²) in [5.74, 6) is 0.426. The lowest BCUT2D eigenvalue weighted by Gasteiger charge is -2.35. The molecule has 2 fully saturated rings. The SMILES string of the molecule is Cc1c(C=CCN2CCN(c3cc(F)cc(F)c3)CC2)cnn1-c1cc(N2CCC(O)CC2)nc(N)n1.Cl. The van der Waals surface area contributed by atoms with Crippen molar-refractivity contribution in [2.24, 2.45) is 0 Å². The van der Waals surface area contributed by atoms with Gasteiger partial charge in [-0.15, -0.1) is 12.4 Å². The Balaban J connectivity index is 0.00000336. The topological polar surface area (TPSA) is 99.6 Å². The zero-order valence-corrected chi connectivity index (χ0v) is 22.1. The molecule has 4 heterocycles. The van der Waals surface area contributed by atoms with Crippen molar-refractivity contribution in [2.45, 2.75) is 25.9 Å². The first-order chi connectivity index (χ1) is 17.9. The van der Waals surface area contributed by atoms with E-state index in [0.717, 1.165) is 55.9 Å². The van der Waals surface area contributed by atoms with Gasteiger partial charge in [-0.25, -0.2) is 13.5 Å². The van der Waals surface area contributed by atoms with Crippen molar-refractivity contribution >= 4 is 35.9 Å². The van der Waals surface area contributed by atoms with E-state index in [1.807, 2.05) is 24.0 Å². The molecule has 5 rings (SSSR count). The Morgan fingerprint density at radius 3 is 2.29 bits per heavy atom. The predicted octanol–water partition coefficient (Wildman–Crippen LogP) is 3.05. The third kappa shape index (κ3) is 6.40. The van der Waals surface area contributed by atoms with Crippen LogP contribution in [0.15, 0.2) is 36.5 Å². The van der Waals surface area contributed by atoms with Crippen LogP contribution in [-0.2, 0) is 0 Å². The molecule has 3 N–H and O–H groups in total. The number of aliphatic hydroxyl groups is 1. The predicted molar refractivity (Wildman–Crippen MR) is 147 cm³/mol. The Kier molecular flexibility index (Phi) is 8.80. The van der Waals surface area contributed by atoms with Crippen molar-refractivity contribution in [2.75, 3.05) is 61.3 Å². The van der Waals surface area contributed by atoms with Gasteiger partial charge in [0.2, 0.25) is 5.95 Å². The van der Waals surface area contributed by atoms with Crippen molar-refractivity contribution in [1.29, 1.82) is 0 Å². The number of aliphatic hydroxyl groups excluding tert-OH is 1. The molecule has 12 heteroatoms. The maximum absolute atomic E-state index is 13.6. The second-order valence-corrected chi connectivity index (χ2v) is 9.58. The van der Waals surface area contributed by atoms with Gasteiger partial charge in [0.25, 0.3) is 0 Å². The number of nitrogens with two attached hydrogens (primary N) is 1. The maximum Gasteiger partial charge on any atom is 0.224 e. The van der Waals surface area contributed by atoms with E-state index < -0.39 is 11.6 Å². The zero-order chi connectivity index (χ0) is 25.9. The minimum atomic E-state index is -0.552. The van der Waals surface area contributed by atoms with Gasteiger partial charge in [-0.3, -0.25) is 4.90 Å². The molecule has 0 radical (unpaired) electrons. The molecule has 0 saturated carbocycles. The maximum atomic E-state index is 13.6. The molecule has 3 aromatic rings. The molecule has 0 spiro atoms. The van der Waals surface area contributed by atoms with Crippen LogP contribution in [0.2, 0.25) is 0 Å². The number of piperazine rings is 1. The number of hydrogen-bond acceptors (Lipinski definition) is 8. The van der Waals surface area contributed by atoms with Crippen LogP contribution in [0.3, 0.4) is 0 Å². The molecular weight excluding hydrogens is 514 g/mol. The monoisotopic (exact) mass is 546 g/mol. The van der Waals surface area contributed by atoms with Crippen LogP contribution in [0, 0.1) is 18.6 Å². The summed E-state index contributed by atoms with van der Waals surface area (Å²) in [7, 11) is 0. The molecule has 0 unspecified atom stereocenters. The Morgan fingerprint density at radius 2 is 1.61 bits per heavy atom. The molecule has 2 aromatic heterocycles. The van der Waals surface area contributed by atoms with Gasteiger partial charge in [-0.1, -0.05) is 12.2 Å². The minimum absolute atomic E-state index is 0. The number of nitrogens with zero attached hydrogens (tertiary/aromatic N) is 7. The lowest BCUT2D eigenvalue weighted by Crippen LogP contribution is -2.46. The third-order valence-electron chi connectivity index (χ3n) is 7.02. The molecule has 1 aromatic carbocycles. The molecule has 204 valence electrons. The van der Waals surface area contributed by atoms with Crippen LogP contribution in [0.1, 0.15) is 24.1 Å². The van der Waals surface area contributed by atoms with E-state index in [2.05, 4.69) is 30.9 Å². The summed E-state index contributed by atoms with van der Waals surface area (Å²) in [5.41, 5.74) is 8.52. The average Bonchev–Trinajstić information content (AvgIpc) is 3.24. The quantitative estimate of drug-likeness (QED) is 0.487. The highest BCUT2D eigenvalue weighted by atomic mass is 35.5. The number of hydrogen-bond donors (Lipinski definition) is 2. The van der Waals surface area contributed by atoms with Crippen LogP contribution >= 0.6 is 12.4 Å². The van der Waals surface area contributed by atoms with Crippen molar-refractivity contribution in [3.8, 4) is 5.82 Å². The highest BCUT2D eigenvalue weighted by Crippen LogP contribution is 2.23. The number of rotatable bonds is 6. The van der Waals surface area contributed by atoms with Gasteiger partial charge < -0.3 is 20.6 Å². The van der Waals surface area contributed by atoms with Gasteiger partial charge in [0.1, 0.15) is 17.5 Å². The normalized spacial score (nSPS) is 17.3. The Bertz CT molecular complexity index is 1250. The number of nitrogen functional groups attached to an aromatic ring is 1. The molecule has 0 atom stereocenters. The lowest BCUT2D eigenvalue weighted by atomic mass is 10.1. The fourth-order valence-electron chi connectivity index (χ4n) is 4.86. The molecule has 38 heavy (non-hydrogen) atoms. The van der Waals surface area contributed by atoms with Gasteiger partial charge in [0, 0.05) is 69.2 Å². The fraction of sp³-hybridized carbons (Fsp3) is 0.423. The van der Waals surface area contributed by atoms with Crippen LogP contribution in [0.25, 0.3) is 11.9 Å². The smallest absolute Gasteiger partial charge is 0.224 e. The van der Waals surface area contributed by atoms with E-state index in [1.54, 1.807) is 10.9 Å². The van der Waals surface area contributed by atoms with E-state index in [-0.39, 0.29) is 24.5 Å². The van der Waals surface area contributed by atoms with E-state index in [9.17, 15) is 13.9 Å². The molecule has 2 saturated heterocycles. The Labute approximate surface area is 227 Å². The zero-order valence-electron chi connectivity index (χ0n) is 21.3. The van der Waals surface area contributed by atoms with Crippen LogP contribution < -0.4 is 15.5 Å². The second-order valence-electron chi connectivity index (χ2n) is 9.58.